The van der Waals surface area contributed by atoms with E-state index in [4.69, 9.17) is 5.11 Å². The van der Waals surface area contributed by atoms with Gasteiger partial charge in [0.05, 0.1) is 18.2 Å². The lowest BCUT2D eigenvalue weighted by molar-refractivity contribution is -0.138. The van der Waals surface area contributed by atoms with E-state index in [-0.39, 0.29) is 17.2 Å². The maximum Gasteiger partial charge on any atom is 0.416 e. The van der Waals surface area contributed by atoms with Crippen LogP contribution in [0.25, 0.3) is 0 Å². The Balaban J connectivity index is 2.04. The number of alkyl halides is 3. The predicted molar refractivity (Wildman–Crippen MR) is 78.2 cm³/mol. The van der Waals surface area contributed by atoms with E-state index in [1.165, 1.54) is 12.1 Å². The number of hydrogen-bond acceptors (Lipinski definition) is 5. The van der Waals surface area contributed by atoms with E-state index in [9.17, 15) is 22.8 Å². The van der Waals surface area contributed by atoms with Crippen LogP contribution in [0.5, 0.6) is 0 Å². The maximum atomic E-state index is 12.6. The lowest BCUT2D eigenvalue weighted by Crippen LogP contribution is -2.26. The van der Waals surface area contributed by atoms with Crippen LogP contribution in [0.15, 0.2) is 34.5 Å². The Morgan fingerprint density at radius 3 is 2.83 bits per heavy atom. The Bertz CT molecular complexity index is 689. The van der Waals surface area contributed by atoms with Gasteiger partial charge in [0.2, 0.25) is 5.91 Å². The molecule has 1 fully saturated rings. The number of aliphatic carboxylic acids is 1. The summed E-state index contributed by atoms with van der Waals surface area (Å²) in [5.41, 5.74) is -0.611. The summed E-state index contributed by atoms with van der Waals surface area (Å²) in [7, 11) is 0. The molecule has 1 aromatic carbocycles. The van der Waals surface area contributed by atoms with E-state index in [2.05, 4.69) is 15.5 Å². The summed E-state index contributed by atoms with van der Waals surface area (Å²) in [6, 6.07) is 4.52. The highest BCUT2D eigenvalue weighted by molar-refractivity contribution is 8.15. The molecule has 0 radical (unpaired) electrons. The molecular weight excluding hydrogens is 335 g/mol. The fourth-order valence-electron chi connectivity index (χ4n) is 1.69. The average Bonchev–Trinajstić information content (AvgIpc) is 2.78. The third kappa shape index (κ3) is 4.81. The van der Waals surface area contributed by atoms with E-state index in [0.717, 1.165) is 30.1 Å². The molecule has 0 bridgehead atoms. The SMILES string of the molecule is O=C(O)CC1S/C(=N\N=C\c2cccc(C(F)(F)F)c2)NC1=O. The van der Waals surface area contributed by atoms with Gasteiger partial charge in [0.25, 0.3) is 0 Å². The third-order valence-corrected chi connectivity index (χ3v) is 3.78. The van der Waals surface area contributed by atoms with E-state index in [1.807, 2.05) is 0 Å². The van der Waals surface area contributed by atoms with E-state index in [1.54, 1.807) is 0 Å². The smallest absolute Gasteiger partial charge is 0.416 e. The first kappa shape index (κ1) is 17.0. The van der Waals surface area contributed by atoms with Crippen molar-refractivity contribution in [1.29, 1.82) is 0 Å². The Morgan fingerprint density at radius 2 is 2.17 bits per heavy atom. The molecule has 1 atom stereocenters. The lowest BCUT2D eigenvalue weighted by Gasteiger charge is -2.06. The quantitative estimate of drug-likeness (QED) is 0.646. The van der Waals surface area contributed by atoms with Crippen molar-refractivity contribution >= 4 is 35.0 Å². The van der Waals surface area contributed by atoms with Crippen LogP contribution >= 0.6 is 11.8 Å². The summed E-state index contributed by atoms with van der Waals surface area (Å²) >= 11 is 0.904. The maximum absolute atomic E-state index is 12.6. The number of nitrogens with zero attached hydrogens (tertiary/aromatic N) is 2. The van der Waals surface area contributed by atoms with E-state index < -0.39 is 28.9 Å². The number of rotatable bonds is 4. The second-order valence-corrected chi connectivity index (χ2v) is 5.66. The number of carboxylic acid groups (broad SMARTS) is 1. The highest BCUT2D eigenvalue weighted by atomic mass is 32.2. The summed E-state index contributed by atoms with van der Waals surface area (Å²) in [5, 5.41) is 17.6. The van der Waals surface area contributed by atoms with Gasteiger partial charge in [-0.3, -0.25) is 9.59 Å². The predicted octanol–water partition coefficient (Wildman–Crippen LogP) is 2.10. The summed E-state index contributed by atoms with van der Waals surface area (Å²) in [6.07, 6.45) is -3.69. The van der Waals surface area contributed by atoms with Crippen LogP contribution in [-0.2, 0) is 15.8 Å². The number of hydrogen-bond donors (Lipinski definition) is 2. The number of halogens is 3. The molecule has 1 heterocycles. The highest BCUT2D eigenvalue weighted by Crippen LogP contribution is 2.29. The number of thioether (sulfide) groups is 1. The van der Waals surface area contributed by atoms with Crippen molar-refractivity contribution in [3.8, 4) is 0 Å². The van der Waals surface area contributed by atoms with Crippen LogP contribution in [0.3, 0.4) is 0 Å². The Labute approximate surface area is 132 Å². The van der Waals surface area contributed by atoms with Crippen molar-refractivity contribution in [3.05, 3.63) is 35.4 Å². The number of carbonyl (C=O) groups excluding carboxylic acids is 1. The van der Waals surface area contributed by atoms with Gasteiger partial charge >= 0.3 is 12.1 Å². The number of nitrogens with one attached hydrogen (secondary N) is 1. The van der Waals surface area contributed by atoms with Gasteiger partial charge < -0.3 is 10.4 Å². The third-order valence-electron chi connectivity index (χ3n) is 2.71. The first-order valence-electron chi connectivity index (χ1n) is 6.23. The van der Waals surface area contributed by atoms with Crippen molar-refractivity contribution in [2.75, 3.05) is 0 Å². The minimum absolute atomic E-state index is 0.101. The minimum atomic E-state index is -4.45. The van der Waals surface area contributed by atoms with Crippen LogP contribution in [-0.4, -0.2) is 33.6 Å². The summed E-state index contributed by atoms with van der Waals surface area (Å²) in [4.78, 5) is 22.0. The van der Waals surface area contributed by atoms with Gasteiger partial charge in [-0.25, -0.2) is 0 Å². The number of benzene rings is 1. The van der Waals surface area contributed by atoms with Crippen LogP contribution in [0.2, 0.25) is 0 Å². The van der Waals surface area contributed by atoms with Crippen molar-refractivity contribution < 1.29 is 27.9 Å². The molecule has 6 nitrogen and oxygen atoms in total. The average molecular weight is 345 g/mol. The zero-order chi connectivity index (χ0) is 17.0. The minimum Gasteiger partial charge on any atom is -0.481 e. The standard InChI is InChI=1S/C13H10F3N3O3S/c14-13(15,16)8-3-1-2-7(4-8)6-17-19-12-18-11(22)9(23-12)5-10(20)21/h1-4,6,9H,5H2,(H,20,21)(H,18,19,22)/b17-6+. The Morgan fingerprint density at radius 1 is 1.43 bits per heavy atom. The number of carboxylic acids is 1. The van der Waals surface area contributed by atoms with Gasteiger partial charge in [-0.05, 0) is 17.7 Å². The van der Waals surface area contributed by atoms with Crippen LogP contribution < -0.4 is 5.32 Å². The van der Waals surface area contributed by atoms with Crippen molar-refractivity contribution in [3.63, 3.8) is 0 Å². The first-order chi connectivity index (χ1) is 10.8. The van der Waals surface area contributed by atoms with Gasteiger partial charge in [-0.1, -0.05) is 23.9 Å². The molecule has 10 heteroatoms. The van der Waals surface area contributed by atoms with Gasteiger partial charge in [0.15, 0.2) is 5.17 Å². The van der Waals surface area contributed by atoms with Crippen molar-refractivity contribution in [2.24, 2.45) is 10.2 Å². The molecule has 1 amide bonds. The number of carbonyl (C=O) groups is 2. The highest BCUT2D eigenvalue weighted by Gasteiger charge is 2.32. The molecule has 1 aliphatic rings. The second kappa shape index (κ2) is 6.82. The van der Waals surface area contributed by atoms with Crippen LogP contribution in [0, 0.1) is 0 Å². The molecule has 0 aliphatic carbocycles. The largest absolute Gasteiger partial charge is 0.481 e. The molecular formula is C13H10F3N3O3S. The molecule has 2 rings (SSSR count). The van der Waals surface area contributed by atoms with Gasteiger partial charge in [0.1, 0.15) is 5.25 Å². The number of amides is 1. The van der Waals surface area contributed by atoms with Gasteiger partial charge in [-0.15, -0.1) is 5.10 Å². The molecule has 1 saturated heterocycles. The molecule has 1 aromatic rings. The molecule has 23 heavy (non-hydrogen) atoms. The zero-order valence-corrected chi connectivity index (χ0v) is 12.2. The fourth-order valence-corrected chi connectivity index (χ4v) is 2.60. The topological polar surface area (TPSA) is 91.1 Å². The molecule has 2 N–H and O–H groups in total. The Hall–Kier alpha value is -2.36. The fraction of sp³-hybridized carbons (Fsp3) is 0.231. The molecule has 0 aromatic heterocycles. The van der Waals surface area contributed by atoms with Crippen LogP contribution in [0.4, 0.5) is 13.2 Å². The monoisotopic (exact) mass is 345 g/mol. The molecule has 0 saturated carbocycles. The van der Waals surface area contributed by atoms with Gasteiger partial charge in [0, 0.05) is 0 Å². The Kier molecular flexibility index (Phi) is 5.04. The van der Waals surface area contributed by atoms with E-state index in [0.29, 0.717) is 0 Å². The second-order valence-electron chi connectivity index (χ2n) is 4.47. The molecule has 1 aliphatic heterocycles. The molecule has 0 spiro atoms. The van der Waals surface area contributed by atoms with Crippen molar-refractivity contribution in [2.45, 2.75) is 17.8 Å². The van der Waals surface area contributed by atoms with E-state index >= 15 is 0 Å². The molecule has 122 valence electrons. The summed E-state index contributed by atoms with van der Waals surface area (Å²) in [5.74, 6) is -1.61. The van der Waals surface area contributed by atoms with Crippen molar-refractivity contribution in [1.82, 2.24) is 5.32 Å². The first-order valence-corrected chi connectivity index (χ1v) is 7.11. The number of amidine groups is 1. The summed E-state index contributed by atoms with van der Waals surface area (Å²) < 4.78 is 37.7. The van der Waals surface area contributed by atoms with Crippen LogP contribution in [0.1, 0.15) is 17.5 Å². The zero-order valence-electron chi connectivity index (χ0n) is 11.4. The lowest BCUT2D eigenvalue weighted by atomic mass is 10.1. The van der Waals surface area contributed by atoms with Gasteiger partial charge in [-0.2, -0.15) is 18.3 Å². The normalized spacial score (nSPS) is 20.2. The summed E-state index contributed by atoms with van der Waals surface area (Å²) in [6.45, 7) is 0. The molecule has 1 unspecified atom stereocenters.